The van der Waals surface area contributed by atoms with Crippen LogP contribution in [0, 0.1) is 0 Å². The summed E-state index contributed by atoms with van der Waals surface area (Å²) in [6, 6.07) is 69.7. The van der Waals surface area contributed by atoms with E-state index in [0.717, 1.165) is 50.0 Å². The molecule has 0 bridgehead atoms. The Morgan fingerprint density at radius 2 is 0.857 bits per heavy atom. The maximum Gasteiger partial charge on any atom is 0.160 e. The van der Waals surface area contributed by atoms with Crippen molar-refractivity contribution in [1.29, 1.82) is 0 Å². The van der Waals surface area contributed by atoms with Gasteiger partial charge in [0.25, 0.3) is 0 Å². The van der Waals surface area contributed by atoms with E-state index in [1.807, 2.05) is 24.3 Å². The van der Waals surface area contributed by atoms with E-state index >= 15 is 0 Å². The van der Waals surface area contributed by atoms with E-state index < -0.39 is 5.41 Å². The molecule has 0 saturated carbocycles. The van der Waals surface area contributed by atoms with Crippen molar-refractivity contribution in [2.75, 3.05) is 0 Å². The number of aromatic nitrogens is 2. The monoisotopic (exact) mass is 712 g/mol. The number of para-hydroxylation sites is 1. The van der Waals surface area contributed by atoms with Gasteiger partial charge in [0.05, 0.1) is 16.8 Å². The molecule has 3 nitrogen and oxygen atoms in total. The van der Waals surface area contributed by atoms with Crippen LogP contribution in [0.5, 0.6) is 0 Å². The zero-order valence-electron chi connectivity index (χ0n) is 30.3. The molecule has 2 heterocycles. The Bertz CT molecular complexity index is 3170. The van der Waals surface area contributed by atoms with E-state index in [4.69, 9.17) is 14.4 Å². The highest BCUT2D eigenvalue weighted by atomic mass is 16.3. The number of fused-ring (bicyclic) bond motifs is 15. The van der Waals surface area contributed by atoms with Crippen molar-refractivity contribution < 1.29 is 4.42 Å². The van der Waals surface area contributed by atoms with Gasteiger partial charge in [-0.1, -0.05) is 170 Å². The van der Waals surface area contributed by atoms with E-state index in [1.165, 1.54) is 55.6 Å². The van der Waals surface area contributed by atoms with Crippen molar-refractivity contribution in [3.05, 3.63) is 216 Å². The van der Waals surface area contributed by atoms with Crippen molar-refractivity contribution in [2.45, 2.75) is 5.41 Å². The molecule has 0 fully saturated rings. The van der Waals surface area contributed by atoms with E-state index in [2.05, 4.69) is 170 Å². The third-order valence-corrected chi connectivity index (χ3v) is 11.9. The van der Waals surface area contributed by atoms with Crippen LogP contribution in [0.15, 0.2) is 199 Å². The molecule has 260 valence electrons. The van der Waals surface area contributed by atoms with Gasteiger partial charge >= 0.3 is 0 Å². The fourth-order valence-corrected chi connectivity index (χ4v) is 9.65. The number of furan rings is 1. The lowest BCUT2D eigenvalue weighted by Crippen LogP contribution is -2.29. The molecule has 8 aromatic carbocycles. The molecule has 0 radical (unpaired) electrons. The van der Waals surface area contributed by atoms with E-state index in [1.54, 1.807) is 0 Å². The van der Waals surface area contributed by atoms with Gasteiger partial charge in [0.1, 0.15) is 11.2 Å². The van der Waals surface area contributed by atoms with E-state index in [0.29, 0.717) is 5.82 Å². The largest absolute Gasteiger partial charge is 0.456 e. The molecule has 12 rings (SSSR count). The molecule has 0 N–H and O–H groups in total. The Morgan fingerprint density at radius 3 is 1.55 bits per heavy atom. The molecule has 0 aliphatic heterocycles. The van der Waals surface area contributed by atoms with Gasteiger partial charge in [-0.2, -0.15) is 0 Å². The Kier molecular flexibility index (Phi) is 6.55. The molecule has 56 heavy (non-hydrogen) atoms. The first kappa shape index (κ1) is 31.0. The lowest BCUT2D eigenvalue weighted by atomic mass is 9.65. The van der Waals surface area contributed by atoms with Crippen LogP contribution in [0.25, 0.3) is 89.2 Å². The van der Waals surface area contributed by atoms with E-state index in [9.17, 15) is 0 Å². The average Bonchev–Trinajstić information content (AvgIpc) is 3.77. The average molecular weight is 713 g/mol. The summed E-state index contributed by atoms with van der Waals surface area (Å²) in [5, 5.41) is 2.13. The molecule has 2 aliphatic carbocycles. The Labute approximate surface area is 324 Å². The smallest absolute Gasteiger partial charge is 0.160 e. The predicted octanol–water partition coefficient (Wildman–Crippen LogP) is 13.4. The number of nitrogens with zero attached hydrogens (tertiary/aromatic N) is 2. The summed E-state index contributed by atoms with van der Waals surface area (Å²) < 4.78 is 6.34. The van der Waals surface area contributed by atoms with Crippen LogP contribution in [0.2, 0.25) is 0 Å². The van der Waals surface area contributed by atoms with Gasteiger partial charge < -0.3 is 4.42 Å². The molecular formula is C53H32N2O. The molecule has 0 saturated heterocycles. The summed E-state index contributed by atoms with van der Waals surface area (Å²) in [5.74, 6) is 0.675. The molecule has 0 unspecified atom stereocenters. The third kappa shape index (κ3) is 4.28. The van der Waals surface area contributed by atoms with Crippen LogP contribution in [-0.2, 0) is 5.41 Å². The molecule has 2 aromatic heterocycles. The van der Waals surface area contributed by atoms with Gasteiger partial charge in [0.2, 0.25) is 0 Å². The van der Waals surface area contributed by atoms with Crippen LogP contribution < -0.4 is 0 Å². The van der Waals surface area contributed by atoms with Crippen molar-refractivity contribution in [2.24, 2.45) is 0 Å². The summed E-state index contributed by atoms with van der Waals surface area (Å²) in [6.07, 6.45) is 0. The highest BCUT2D eigenvalue weighted by molar-refractivity contribution is 6.12. The summed E-state index contributed by atoms with van der Waals surface area (Å²) in [4.78, 5) is 10.8. The van der Waals surface area contributed by atoms with Crippen LogP contribution in [0.1, 0.15) is 22.3 Å². The second-order valence-electron chi connectivity index (χ2n) is 14.8. The number of hydrogen-bond acceptors (Lipinski definition) is 3. The number of hydrogen-bond donors (Lipinski definition) is 0. The minimum Gasteiger partial charge on any atom is -0.456 e. The lowest BCUT2D eigenvalue weighted by molar-refractivity contribution is 0.669. The minimum atomic E-state index is -0.588. The zero-order chi connectivity index (χ0) is 36.8. The summed E-state index contributed by atoms with van der Waals surface area (Å²) in [6.45, 7) is 0. The Morgan fingerprint density at radius 1 is 0.339 bits per heavy atom. The summed E-state index contributed by atoms with van der Waals surface area (Å²) in [7, 11) is 0. The Hall–Kier alpha value is -7.36. The van der Waals surface area contributed by atoms with Crippen molar-refractivity contribution in [3.8, 4) is 67.3 Å². The van der Waals surface area contributed by atoms with Gasteiger partial charge in [-0.05, 0) is 79.9 Å². The molecule has 3 heteroatoms. The van der Waals surface area contributed by atoms with Crippen LogP contribution in [-0.4, -0.2) is 9.97 Å². The molecule has 0 atom stereocenters. The predicted molar refractivity (Wildman–Crippen MR) is 227 cm³/mol. The topological polar surface area (TPSA) is 38.9 Å². The molecule has 1 spiro atoms. The van der Waals surface area contributed by atoms with Gasteiger partial charge in [0, 0.05) is 27.5 Å². The van der Waals surface area contributed by atoms with Gasteiger partial charge in [-0.15, -0.1) is 0 Å². The Balaban J connectivity index is 1.18. The molecular weight excluding hydrogens is 681 g/mol. The number of rotatable bonds is 3. The van der Waals surface area contributed by atoms with Gasteiger partial charge in [-0.25, -0.2) is 9.97 Å². The number of benzene rings is 8. The molecule has 0 amide bonds. The second kappa shape index (κ2) is 11.8. The van der Waals surface area contributed by atoms with Crippen molar-refractivity contribution >= 4 is 21.9 Å². The molecule has 10 aromatic rings. The maximum absolute atomic E-state index is 6.34. The molecule has 2 aliphatic rings. The lowest BCUT2D eigenvalue weighted by Gasteiger charge is -2.35. The fraction of sp³-hybridized carbons (Fsp3) is 0.0189. The first-order valence-electron chi connectivity index (χ1n) is 19.2. The van der Waals surface area contributed by atoms with Gasteiger partial charge in [0.15, 0.2) is 5.82 Å². The highest BCUT2D eigenvalue weighted by Crippen LogP contribution is 2.61. The standard InChI is InChI=1S/C53H32N2O/c1-2-15-33(16-3-1)47-32-48(41-23-14-28-50-51(41)42-22-9-13-27-49(42)56-50)55-52(54-47)34-29-30-40-36-18-5-4-17-35(36)37-19-6-10-24-43(37)53(46(40)31-34)44-25-11-7-20-38(44)39-21-8-12-26-45(39)53/h1-32H. The second-order valence-corrected chi connectivity index (χ2v) is 14.8. The summed E-state index contributed by atoms with van der Waals surface area (Å²) in [5.41, 5.74) is 18.4. The van der Waals surface area contributed by atoms with Crippen LogP contribution >= 0.6 is 0 Å². The van der Waals surface area contributed by atoms with Crippen LogP contribution in [0.3, 0.4) is 0 Å². The normalized spacial score (nSPS) is 13.1. The van der Waals surface area contributed by atoms with Crippen molar-refractivity contribution in [1.82, 2.24) is 9.97 Å². The van der Waals surface area contributed by atoms with E-state index in [-0.39, 0.29) is 0 Å². The fourth-order valence-electron chi connectivity index (χ4n) is 9.65. The maximum atomic E-state index is 6.34. The van der Waals surface area contributed by atoms with Crippen molar-refractivity contribution in [3.63, 3.8) is 0 Å². The third-order valence-electron chi connectivity index (χ3n) is 11.9. The quantitative estimate of drug-likeness (QED) is 0.183. The van der Waals surface area contributed by atoms with Crippen LogP contribution in [0.4, 0.5) is 0 Å². The summed E-state index contributed by atoms with van der Waals surface area (Å²) >= 11 is 0. The zero-order valence-corrected chi connectivity index (χ0v) is 30.3. The minimum absolute atomic E-state index is 0.588. The van der Waals surface area contributed by atoms with Gasteiger partial charge in [-0.3, -0.25) is 0 Å². The SMILES string of the molecule is c1ccc(-c2cc(-c3cccc4oc5ccccc5c34)nc(-c3ccc4c(c3)C3(c5ccccc5-c5ccccc5-4)c4ccccc4-c4ccccc43)n2)cc1. The first-order chi connectivity index (χ1) is 27.8. The highest BCUT2D eigenvalue weighted by Gasteiger charge is 2.49. The first-order valence-corrected chi connectivity index (χ1v) is 19.2.